The van der Waals surface area contributed by atoms with Crippen LogP contribution in [0.1, 0.15) is 37.8 Å². The van der Waals surface area contributed by atoms with E-state index in [-0.39, 0.29) is 17.1 Å². The number of ether oxygens (including phenoxy) is 1. The Morgan fingerprint density at radius 1 is 1.00 bits per heavy atom. The number of nitrogens with one attached hydrogen (secondary N) is 1. The summed E-state index contributed by atoms with van der Waals surface area (Å²) in [5.74, 6) is 0.667. The van der Waals surface area contributed by atoms with E-state index in [0.717, 1.165) is 38.0 Å². The van der Waals surface area contributed by atoms with Crippen molar-refractivity contribution in [1.29, 1.82) is 0 Å². The summed E-state index contributed by atoms with van der Waals surface area (Å²) >= 11 is 0. The Balaban J connectivity index is 1.30. The van der Waals surface area contributed by atoms with Crippen LogP contribution < -0.4 is 5.32 Å². The molecule has 3 heterocycles. The third kappa shape index (κ3) is 5.63. The topological polar surface area (TPSA) is 74.8 Å². The monoisotopic (exact) mass is 444 g/mol. The van der Waals surface area contributed by atoms with Crippen LogP contribution in [0.5, 0.6) is 0 Å². The molecule has 0 bridgehead atoms. The minimum Gasteiger partial charge on any atom is -0.373 e. The largest absolute Gasteiger partial charge is 0.373 e. The lowest BCUT2D eigenvalue weighted by atomic mass is 10.1. The Morgan fingerprint density at radius 3 is 2.26 bits per heavy atom. The number of morpholine rings is 1. The number of anilines is 1. The van der Waals surface area contributed by atoms with Gasteiger partial charge in [0.1, 0.15) is 10.7 Å². The Kier molecular flexibility index (Phi) is 6.91. The summed E-state index contributed by atoms with van der Waals surface area (Å²) in [5, 5.41) is 3.28. The van der Waals surface area contributed by atoms with Gasteiger partial charge in [-0.3, -0.25) is 4.90 Å². The van der Waals surface area contributed by atoms with E-state index in [2.05, 4.69) is 53.3 Å². The van der Waals surface area contributed by atoms with Gasteiger partial charge in [0.05, 0.1) is 12.2 Å². The minimum atomic E-state index is -3.42. The molecule has 1 aromatic carbocycles. The first-order chi connectivity index (χ1) is 14.9. The molecule has 2 atom stereocenters. The van der Waals surface area contributed by atoms with Crippen LogP contribution in [0.2, 0.25) is 0 Å². The number of sulfonamides is 1. The summed E-state index contributed by atoms with van der Waals surface area (Å²) < 4.78 is 32.5. The van der Waals surface area contributed by atoms with Gasteiger partial charge in [-0.1, -0.05) is 24.3 Å². The highest BCUT2D eigenvalue weighted by atomic mass is 32.2. The lowest BCUT2D eigenvalue weighted by Gasteiger charge is -2.35. The maximum atomic E-state index is 12.6. The van der Waals surface area contributed by atoms with Gasteiger partial charge in [0.25, 0.3) is 0 Å². The van der Waals surface area contributed by atoms with Gasteiger partial charge in [-0.25, -0.2) is 13.4 Å². The zero-order valence-corrected chi connectivity index (χ0v) is 19.1. The number of hydrogen-bond donors (Lipinski definition) is 1. The second kappa shape index (κ2) is 9.65. The molecule has 1 N–H and O–H groups in total. The van der Waals surface area contributed by atoms with E-state index in [1.807, 2.05) is 0 Å². The van der Waals surface area contributed by atoms with E-state index < -0.39 is 10.0 Å². The second-order valence-electron chi connectivity index (χ2n) is 8.61. The number of pyridine rings is 1. The van der Waals surface area contributed by atoms with Gasteiger partial charge in [-0.05, 0) is 49.9 Å². The quantitative estimate of drug-likeness (QED) is 0.707. The van der Waals surface area contributed by atoms with Crippen LogP contribution in [0.4, 0.5) is 5.82 Å². The molecule has 0 spiro atoms. The maximum Gasteiger partial charge on any atom is 0.244 e. The molecule has 4 rings (SSSR count). The Labute approximate surface area is 185 Å². The van der Waals surface area contributed by atoms with Gasteiger partial charge >= 0.3 is 0 Å². The van der Waals surface area contributed by atoms with Gasteiger partial charge < -0.3 is 10.1 Å². The second-order valence-corrected chi connectivity index (χ2v) is 10.5. The van der Waals surface area contributed by atoms with Gasteiger partial charge in [-0.2, -0.15) is 4.31 Å². The number of nitrogens with zero attached hydrogens (tertiary/aromatic N) is 3. The lowest BCUT2D eigenvalue weighted by Crippen LogP contribution is -2.44. The molecule has 2 saturated heterocycles. The molecule has 168 valence electrons. The third-order valence-electron chi connectivity index (χ3n) is 5.84. The fraction of sp³-hybridized carbons (Fsp3) is 0.522. The normalized spacial score (nSPS) is 23.2. The zero-order chi connectivity index (χ0) is 21.8. The molecule has 0 amide bonds. The number of rotatable bonds is 7. The fourth-order valence-electron chi connectivity index (χ4n) is 4.34. The first kappa shape index (κ1) is 22.2. The highest BCUT2D eigenvalue weighted by molar-refractivity contribution is 7.89. The van der Waals surface area contributed by atoms with E-state index in [1.54, 1.807) is 12.1 Å². The Hall–Kier alpha value is -2.00. The molecule has 0 saturated carbocycles. The SMILES string of the molecule is CC1CN(Cc2ccc(CNc3ccc(S(=O)(=O)N4CCCC4)cn3)cc2)CC(C)O1. The molecule has 0 radical (unpaired) electrons. The number of benzene rings is 1. The van der Waals surface area contributed by atoms with Crippen LogP contribution in [0.15, 0.2) is 47.5 Å². The molecule has 7 nitrogen and oxygen atoms in total. The zero-order valence-electron chi connectivity index (χ0n) is 18.3. The molecule has 1 aromatic heterocycles. The van der Waals surface area contributed by atoms with E-state index in [1.165, 1.54) is 16.1 Å². The van der Waals surface area contributed by atoms with Crippen molar-refractivity contribution in [2.75, 3.05) is 31.5 Å². The van der Waals surface area contributed by atoms with Crippen LogP contribution in [0, 0.1) is 0 Å². The molecule has 31 heavy (non-hydrogen) atoms. The van der Waals surface area contributed by atoms with Gasteiger partial charge in [0.2, 0.25) is 10.0 Å². The van der Waals surface area contributed by atoms with Crippen LogP contribution in [0.25, 0.3) is 0 Å². The first-order valence-corrected chi connectivity index (χ1v) is 12.5. The molecule has 8 heteroatoms. The van der Waals surface area contributed by atoms with Gasteiger partial charge in [0, 0.05) is 45.5 Å². The van der Waals surface area contributed by atoms with Crippen molar-refractivity contribution in [2.24, 2.45) is 0 Å². The highest BCUT2D eigenvalue weighted by Gasteiger charge is 2.27. The summed E-state index contributed by atoms with van der Waals surface area (Å²) in [5.41, 5.74) is 2.45. The van der Waals surface area contributed by atoms with E-state index in [4.69, 9.17) is 4.74 Å². The van der Waals surface area contributed by atoms with Crippen molar-refractivity contribution in [3.63, 3.8) is 0 Å². The van der Waals surface area contributed by atoms with E-state index >= 15 is 0 Å². The summed E-state index contributed by atoms with van der Waals surface area (Å²) in [6.45, 7) is 8.94. The fourth-order valence-corrected chi connectivity index (χ4v) is 5.80. The predicted molar refractivity (Wildman–Crippen MR) is 121 cm³/mol. The summed E-state index contributed by atoms with van der Waals surface area (Å²) in [7, 11) is -3.42. The average molecular weight is 445 g/mol. The van der Waals surface area contributed by atoms with Crippen LogP contribution in [0.3, 0.4) is 0 Å². The minimum absolute atomic E-state index is 0.260. The molecular weight excluding hydrogens is 412 g/mol. The number of aromatic nitrogens is 1. The molecule has 2 unspecified atom stereocenters. The third-order valence-corrected chi connectivity index (χ3v) is 7.72. The smallest absolute Gasteiger partial charge is 0.244 e. The summed E-state index contributed by atoms with van der Waals surface area (Å²) in [6.07, 6.45) is 3.85. The van der Waals surface area contributed by atoms with Crippen molar-refractivity contribution in [3.8, 4) is 0 Å². The van der Waals surface area contributed by atoms with E-state index in [9.17, 15) is 8.42 Å². The Bertz CT molecular complexity index is 947. The van der Waals surface area contributed by atoms with Gasteiger partial charge in [0.15, 0.2) is 0 Å². The maximum absolute atomic E-state index is 12.6. The van der Waals surface area contributed by atoms with E-state index in [0.29, 0.717) is 25.5 Å². The molecule has 2 aliphatic heterocycles. The van der Waals surface area contributed by atoms with Crippen molar-refractivity contribution < 1.29 is 13.2 Å². The van der Waals surface area contributed by atoms with Crippen molar-refractivity contribution in [3.05, 3.63) is 53.7 Å². The first-order valence-electron chi connectivity index (χ1n) is 11.1. The summed E-state index contributed by atoms with van der Waals surface area (Å²) in [6, 6.07) is 12.0. The van der Waals surface area contributed by atoms with Crippen LogP contribution in [-0.2, 0) is 27.8 Å². The van der Waals surface area contributed by atoms with Crippen molar-refractivity contribution in [2.45, 2.75) is 56.9 Å². The van der Waals surface area contributed by atoms with Crippen LogP contribution in [-0.4, -0.2) is 61.0 Å². The van der Waals surface area contributed by atoms with Gasteiger partial charge in [-0.15, -0.1) is 0 Å². The highest BCUT2D eigenvalue weighted by Crippen LogP contribution is 2.21. The van der Waals surface area contributed by atoms with Crippen molar-refractivity contribution >= 4 is 15.8 Å². The predicted octanol–water partition coefficient (Wildman–Crippen LogP) is 3.09. The molecule has 2 aromatic rings. The Morgan fingerprint density at radius 2 is 1.65 bits per heavy atom. The molecular formula is C23H32N4O3S. The molecule has 2 aliphatic rings. The van der Waals surface area contributed by atoms with Crippen molar-refractivity contribution in [1.82, 2.24) is 14.2 Å². The molecule has 2 fully saturated rings. The standard InChI is InChI=1S/C23H32N4O3S/c1-18-15-26(16-19(2)30-18)17-21-7-5-20(6-8-21)13-24-23-10-9-22(14-25-23)31(28,29)27-11-3-4-12-27/h5-10,14,18-19H,3-4,11-13,15-17H2,1-2H3,(H,24,25). The average Bonchev–Trinajstić information content (AvgIpc) is 3.29. The number of hydrogen-bond acceptors (Lipinski definition) is 6. The van der Waals surface area contributed by atoms with Crippen LogP contribution >= 0.6 is 0 Å². The summed E-state index contributed by atoms with van der Waals surface area (Å²) in [4.78, 5) is 7.00. The molecule has 0 aliphatic carbocycles. The lowest BCUT2D eigenvalue weighted by molar-refractivity contribution is -0.0704.